The van der Waals surface area contributed by atoms with Gasteiger partial charge in [-0.05, 0) is 104 Å². The van der Waals surface area contributed by atoms with Crippen LogP contribution in [0, 0.1) is 3.57 Å². The molecular weight excluding hydrogens is 759 g/mol. The number of fused-ring (bicyclic) bond motifs is 4. The normalized spacial score (nSPS) is 15.2. The van der Waals surface area contributed by atoms with Crippen molar-refractivity contribution >= 4 is 56.5 Å². The molecular formula is C41H33IN2O5S. The maximum atomic E-state index is 14.4. The number of halogens is 1. The van der Waals surface area contributed by atoms with Gasteiger partial charge in [0.1, 0.15) is 6.61 Å². The third-order valence-corrected chi connectivity index (χ3v) is 11.2. The van der Waals surface area contributed by atoms with Gasteiger partial charge in [-0.15, -0.1) is 0 Å². The van der Waals surface area contributed by atoms with Gasteiger partial charge in [0.25, 0.3) is 5.56 Å². The van der Waals surface area contributed by atoms with E-state index in [0.29, 0.717) is 38.9 Å². The molecule has 0 spiro atoms. The van der Waals surface area contributed by atoms with Gasteiger partial charge in [0.15, 0.2) is 27.8 Å². The molecule has 1 atom stereocenters. The highest BCUT2D eigenvalue weighted by Gasteiger charge is 2.33. The Hall–Kier alpha value is -4.87. The Morgan fingerprint density at radius 1 is 0.860 bits per heavy atom. The number of rotatable bonds is 8. The first-order valence-corrected chi connectivity index (χ1v) is 18.2. The molecule has 0 N–H and O–H groups in total. The summed E-state index contributed by atoms with van der Waals surface area (Å²) in [5.74, 6) is 2.53. The lowest BCUT2D eigenvalue weighted by atomic mass is 9.83. The Balaban J connectivity index is 1.22. The Labute approximate surface area is 306 Å². The van der Waals surface area contributed by atoms with Crippen molar-refractivity contribution in [1.29, 1.82) is 0 Å². The number of allylic oxidation sites excluding steroid dienone is 1. The third kappa shape index (κ3) is 5.68. The van der Waals surface area contributed by atoms with Crippen LogP contribution in [0.1, 0.15) is 40.3 Å². The SMILES string of the molecule is COc1ccc([C@H]2C3=C(N=c4s/c(=C\c5cc(I)c(OCc6cccc7ccccc67)c(OC)c5)c(=O)n42)c2ccccc2CC3)cc1OC. The standard InChI is InChI=1S/C41H33IN2O5S/c1-46-33-18-16-27(22-34(33)47-2)38-31-17-15-26-10-5-7-14-30(26)37(31)43-41-44(38)40(45)36(50-41)21-24-19-32(42)39(35(20-24)48-3)49-23-28-12-8-11-25-9-4-6-13-29(25)28/h4-14,16,18-22,38H,15,17,23H2,1-3H3/b36-21-/t38-/m0/s1. The fraction of sp³-hybridized carbons (Fsp3) is 0.171. The molecule has 1 aliphatic heterocycles. The van der Waals surface area contributed by atoms with Crippen molar-refractivity contribution in [2.24, 2.45) is 4.99 Å². The van der Waals surface area contributed by atoms with E-state index >= 15 is 0 Å². The average molecular weight is 793 g/mol. The number of aromatic nitrogens is 1. The highest BCUT2D eigenvalue weighted by Crippen LogP contribution is 2.43. The second-order valence-electron chi connectivity index (χ2n) is 12.2. The van der Waals surface area contributed by atoms with Crippen LogP contribution in [0.25, 0.3) is 22.5 Å². The van der Waals surface area contributed by atoms with Gasteiger partial charge in [-0.1, -0.05) is 84.1 Å². The zero-order valence-electron chi connectivity index (χ0n) is 27.7. The molecule has 0 saturated heterocycles. The van der Waals surface area contributed by atoms with Gasteiger partial charge < -0.3 is 18.9 Å². The molecule has 5 aromatic carbocycles. The van der Waals surface area contributed by atoms with Crippen molar-refractivity contribution in [1.82, 2.24) is 4.57 Å². The fourth-order valence-corrected chi connectivity index (χ4v) is 8.81. The molecule has 6 aromatic rings. The van der Waals surface area contributed by atoms with E-state index in [1.807, 2.05) is 59.2 Å². The molecule has 9 heteroatoms. The maximum Gasteiger partial charge on any atom is 0.271 e. The van der Waals surface area contributed by atoms with E-state index in [0.717, 1.165) is 55.3 Å². The predicted octanol–water partition coefficient (Wildman–Crippen LogP) is 7.68. The first-order valence-electron chi connectivity index (χ1n) is 16.3. The van der Waals surface area contributed by atoms with Crippen LogP contribution in [-0.2, 0) is 13.0 Å². The second-order valence-corrected chi connectivity index (χ2v) is 14.4. The molecule has 0 fully saturated rings. The zero-order chi connectivity index (χ0) is 34.4. The number of hydrogen-bond acceptors (Lipinski definition) is 7. The van der Waals surface area contributed by atoms with Gasteiger partial charge in [-0.2, -0.15) is 0 Å². The van der Waals surface area contributed by atoms with Crippen LogP contribution in [0.5, 0.6) is 23.0 Å². The van der Waals surface area contributed by atoms with E-state index in [1.165, 1.54) is 22.3 Å². The Morgan fingerprint density at radius 3 is 2.48 bits per heavy atom. The van der Waals surface area contributed by atoms with Crippen LogP contribution in [0.3, 0.4) is 0 Å². The van der Waals surface area contributed by atoms with E-state index in [-0.39, 0.29) is 11.6 Å². The maximum absolute atomic E-state index is 14.4. The summed E-state index contributed by atoms with van der Waals surface area (Å²) in [6.45, 7) is 0.398. The Morgan fingerprint density at radius 2 is 1.64 bits per heavy atom. The van der Waals surface area contributed by atoms with E-state index < -0.39 is 0 Å². The van der Waals surface area contributed by atoms with Gasteiger partial charge in [0.05, 0.1) is 41.2 Å². The van der Waals surface area contributed by atoms with Crippen LogP contribution in [0.15, 0.2) is 112 Å². The topological polar surface area (TPSA) is 71.3 Å². The monoisotopic (exact) mass is 792 g/mol. The quantitative estimate of drug-likeness (QED) is 0.148. The van der Waals surface area contributed by atoms with Crippen LogP contribution in [-0.4, -0.2) is 25.9 Å². The lowest BCUT2D eigenvalue weighted by molar-refractivity contribution is 0.283. The van der Waals surface area contributed by atoms with Crippen molar-refractivity contribution in [2.45, 2.75) is 25.5 Å². The van der Waals surface area contributed by atoms with Crippen LogP contribution in [0.4, 0.5) is 0 Å². The highest BCUT2D eigenvalue weighted by molar-refractivity contribution is 14.1. The van der Waals surface area contributed by atoms with E-state index in [9.17, 15) is 4.79 Å². The molecule has 0 amide bonds. The van der Waals surface area contributed by atoms with Gasteiger partial charge in [0, 0.05) is 5.56 Å². The first-order chi connectivity index (χ1) is 24.5. The van der Waals surface area contributed by atoms with Crippen molar-refractivity contribution in [3.8, 4) is 23.0 Å². The third-order valence-electron chi connectivity index (χ3n) is 9.40. The number of methoxy groups -OCH3 is 3. The average Bonchev–Trinajstić information content (AvgIpc) is 3.46. The summed E-state index contributed by atoms with van der Waals surface area (Å²) in [5, 5.41) is 2.33. The van der Waals surface area contributed by atoms with Crippen LogP contribution < -0.4 is 33.8 Å². The molecule has 1 aromatic heterocycles. The highest BCUT2D eigenvalue weighted by atomic mass is 127. The number of ether oxygens (including phenoxy) is 4. The molecule has 8 rings (SSSR count). The fourth-order valence-electron chi connectivity index (χ4n) is 7.03. The molecule has 2 aliphatic rings. The number of aryl methyl sites for hydroxylation is 1. The summed E-state index contributed by atoms with van der Waals surface area (Å²) in [6, 6.07) is 32.5. The number of hydrogen-bond donors (Lipinski definition) is 0. The molecule has 7 nitrogen and oxygen atoms in total. The predicted molar refractivity (Wildman–Crippen MR) is 206 cm³/mol. The summed E-state index contributed by atoms with van der Waals surface area (Å²) in [4.78, 5) is 20.2. The summed E-state index contributed by atoms with van der Waals surface area (Å²) in [5.41, 5.74) is 7.25. The van der Waals surface area contributed by atoms with Gasteiger partial charge >= 0.3 is 0 Å². The molecule has 0 radical (unpaired) electrons. The van der Waals surface area contributed by atoms with Crippen molar-refractivity contribution < 1.29 is 18.9 Å². The minimum Gasteiger partial charge on any atom is -0.493 e. The van der Waals surface area contributed by atoms with Crippen LogP contribution in [0.2, 0.25) is 0 Å². The van der Waals surface area contributed by atoms with E-state index in [4.69, 9.17) is 23.9 Å². The van der Waals surface area contributed by atoms with Crippen molar-refractivity contribution in [3.05, 3.63) is 154 Å². The molecule has 1 aliphatic carbocycles. The van der Waals surface area contributed by atoms with Gasteiger partial charge in [-0.3, -0.25) is 9.36 Å². The molecule has 250 valence electrons. The lowest BCUT2D eigenvalue weighted by Gasteiger charge is -2.31. The summed E-state index contributed by atoms with van der Waals surface area (Å²) in [7, 11) is 4.89. The summed E-state index contributed by atoms with van der Waals surface area (Å²) < 4.78 is 26.8. The van der Waals surface area contributed by atoms with E-state index in [2.05, 4.69) is 71.1 Å². The summed E-state index contributed by atoms with van der Waals surface area (Å²) in [6.07, 6.45) is 3.60. The number of nitrogens with zero attached hydrogens (tertiary/aromatic N) is 2. The molecule has 2 heterocycles. The van der Waals surface area contributed by atoms with Crippen molar-refractivity contribution in [3.63, 3.8) is 0 Å². The van der Waals surface area contributed by atoms with Gasteiger partial charge in [0.2, 0.25) is 0 Å². The Kier molecular flexibility index (Phi) is 8.70. The molecule has 50 heavy (non-hydrogen) atoms. The Bertz CT molecular complexity index is 2510. The summed E-state index contributed by atoms with van der Waals surface area (Å²) >= 11 is 3.68. The largest absolute Gasteiger partial charge is 0.493 e. The second kappa shape index (κ2) is 13.4. The lowest BCUT2D eigenvalue weighted by Crippen LogP contribution is -2.38. The minimum atomic E-state index is -0.337. The molecule has 0 saturated carbocycles. The van der Waals surface area contributed by atoms with Crippen LogP contribution >= 0.6 is 33.9 Å². The number of benzene rings is 5. The number of thiazole rings is 1. The van der Waals surface area contributed by atoms with Gasteiger partial charge in [-0.25, -0.2) is 4.99 Å². The van der Waals surface area contributed by atoms with Crippen molar-refractivity contribution in [2.75, 3.05) is 21.3 Å². The minimum absolute atomic E-state index is 0.0933. The zero-order valence-corrected chi connectivity index (χ0v) is 30.7. The first kappa shape index (κ1) is 32.3. The smallest absolute Gasteiger partial charge is 0.271 e. The van der Waals surface area contributed by atoms with E-state index in [1.54, 1.807) is 21.3 Å². The molecule has 0 unspecified atom stereocenters. The molecule has 0 bridgehead atoms.